The second-order valence-corrected chi connectivity index (χ2v) is 7.35. The largest absolute Gasteiger partial charge is 0.376 e. The predicted octanol–water partition coefficient (Wildman–Crippen LogP) is 3.81. The molecule has 1 amide bonds. The number of halogens is 1. The zero-order chi connectivity index (χ0) is 17.9. The van der Waals surface area contributed by atoms with Crippen LogP contribution in [0.15, 0.2) is 48.5 Å². The molecule has 0 radical (unpaired) electrons. The second-order valence-electron chi connectivity index (χ2n) is 6.91. The van der Waals surface area contributed by atoms with Gasteiger partial charge in [-0.05, 0) is 43.0 Å². The average molecular weight is 371 g/mol. The summed E-state index contributed by atoms with van der Waals surface area (Å²) < 4.78 is 5.76. The van der Waals surface area contributed by atoms with Crippen LogP contribution < -0.4 is 5.32 Å². The number of hydrogen-bond acceptors (Lipinski definition) is 3. The summed E-state index contributed by atoms with van der Waals surface area (Å²) >= 11 is 5.95. The Bertz CT molecular complexity index is 772. The third kappa shape index (κ3) is 3.63. The molecule has 0 bridgehead atoms. The molecule has 2 aromatic rings. The van der Waals surface area contributed by atoms with E-state index in [9.17, 15) is 4.79 Å². The lowest BCUT2D eigenvalue weighted by molar-refractivity contribution is 0.0421. The number of ether oxygens (including phenoxy) is 1. The zero-order valence-corrected chi connectivity index (χ0v) is 15.4. The Labute approximate surface area is 159 Å². The molecule has 2 aliphatic heterocycles. The van der Waals surface area contributed by atoms with Crippen molar-refractivity contribution in [1.82, 2.24) is 10.2 Å². The number of benzene rings is 2. The number of nitrogens with zero attached hydrogens (tertiary/aromatic N) is 1. The SMILES string of the molecule is O=C1c2ccccc2C(NCCc2ccc(Cl)cc2)N1CC1CCCO1. The van der Waals surface area contributed by atoms with Crippen LogP contribution in [-0.4, -0.2) is 36.6 Å². The average Bonchev–Trinajstić information content (AvgIpc) is 3.26. The van der Waals surface area contributed by atoms with Gasteiger partial charge >= 0.3 is 0 Å². The zero-order valence-electron chi connectivity index (χ0n) is 14.7. The first-order valence-electron chi connectivity index (χ1n) is 9.22. The van der Waals surface area contributed by atoms with E-state index in [-0.39, 0.29) is 18.2 Å². The minimum absolute atomic E-state index is 0.0878. The van der Waals surface area contributed by atoms with Gasteiger partial charge in [-0.3, -0.25) is 10.1 Å². The van der Waals surface area contributed by atoms with Crippen LogP contribution in [0.25, 0.3) is 0 Å². The second kappa shape index (κ2) is 7.78. The summed E-state index contributed by atoms with van der Waals surface area (Å²) in [5.74, 6) is 0.0973. The van der Waals surface area contributed by atoms with Crippen LogP contribution in [0.4, 0.5) is 0 Å². The maximum Gasteiger partial charge on any atom is 0.255 e. The van der Waals surface area contributed by atoms with Crippen LogP contribution in [0, 0.1) is 0 Å². The number of carbonyl (C=O) groups excluding carboxylic acids is 1. The van der Waals surface area contributed by atoms with Crippen molar-refractivity contribution in [2.45, 2.75) is 31.5 Å². The topological polar surface area (TPSA) is 41.6 Å². The van der Waals surface area contributed by atoms with Crippen LogP contribution >= 0.6 is 11.6 Å². The summed E-state index contributed by atoms with van der Waals surface area (Å²) in [5, 5.41) is 4.32. The van der Waals surface area contributed by atoms with Crippen molar-refractivity contribution in [2.24, 2.45) is 0 Å². The fraction of sp³-hybridized carbons (Fsp3) is 0.381. The predicted molar refractivity (Wildman–Crippen MR) is 102 cm³/mol. The number of rotatable bonds is 6. The van der Waals surface area contributed by atoms with Gasteiger partial charge in [-0.1, -0.05) is 41.9 Å². The minimum atomic E-state index is -0.0878. The van der Waals surface area contributed by atoms with E-state index in [1.807, 2.05) is 53.4 Å². The fourth-order valence-electron chi connectivity index (χ4n) is 3.79. The monoisotopic (exact) mass is 370 g/mol. The smallest absolute Gasteiger partial charge is 0.255 e. The van der Waals surface area contributed by atoms with Gasteiger partial charge in [-0.15, -0.1) is 0 Å². The molecule has 2 aliphatic rings. The van der Waals surface area contributed by atoms with Crippen molar-refractivity contribution >= 4 is 17.5 Å². The standard InChI is InChI=1S/C21H23ClN2O2/c22-16-9-7-15(8-10-16)11-12-23-20-18-5-1-2-6-19(18)21(25)24(20)14-17-4-3-13-26-17/h1-2,5-10,17,20,23H,3-4,11-14H2. The number of fused-ring (bicyclic) bond motifs is 1. The van der Waals surface area contributed by atoms with Gasteiger partial charge in [0.15, 0.2) is 0 Å². The highest BCUT2D eigenvalue weighted by Gasteiger charge is 2.37. The first-order chi connectivity index (χ1) is 12.7. The van der Waals surface area contributed by atoms with Crippen LogP contribution in [0.3, 0.4) is 0 Å². The molecule has 0 aliphatic carbocycles. The molecule has 2 aromatic carbocycles. The van der Waals surface area contributed by atoms with Gasteiger partial charge in [0.1, 0.15) is 6.17 Å². The first kappa shape index (κ1) is 17.5. The highest BCUT2D eigenvalue weighted by atomic mass is 35.5. The normalized spacial score (nSPS) is 22.0. The molecular weight excluding hydrogens is 348 g/mol. The lowest BCUT2D eigenvalue weighted by Gasteiger charge is -2.28. The summed E-state index contributed by atoms with van der Waals surface area (Å²) in [4.78, 5) is 14.8. The fourth-order valence-corrected chi connectivity index (χ4v) is 3.92. The van der Waals surface area contributed by atoms with Crippen molar-refractivity contribution in [2.75, 3.05) is 19.7 Å². The van der Waals surface area contributed by atoms with E-state index in [0.717, 1.165) is 48.6 Å². The molecule has 5 heteroatoms. The number of carbonyl (C=O) groups is 1. The third-order valence-electron chi connectivity index (χ3n) is 5.15. The molecule has 2 heterocycles. The molecule has 0 aromatic heterocycles. The van der Waals surface area contributed by atoms with Crippen molar-refractivity contribution in [3.8, 4) is 0 Å². The molecule has 2 unspecified atom stereocenters. The molecule has 0 saturated carbocycles. The molecule has 1 saturated heterocycles. The summed E-state index contributed by atoms with van der Waals surface area (Å²) in [7, 11) is 0. The lowest BCUT2D eigenvalue weighted by Crippen LogP contribution is -2.41. The highest BCUT2D eigenvalue weighted by molar-refractivity contribution is 6.30. The Hall–Kier alpha value is -1.88. The van der Waals surface area contributed by atoms with Crippen molar-refractivity contribution in [1.29, 1.82) is 0 Å². The van der Waals surface area contributed by atoms with Crippen molar-refractivity contribution in [3.05, 3.63) is 70.2 Å². The van der Waals surface area contributed by atoms with Gasteiger partial charge in [0, 0.05) is 35.8 Å². The van der Waals surface area contributed by atoms with Gasteiger partial charge in [0.25, 0.3) is 5.91 Å². The highest BCUT2D eigenvalue weighted by Crippen LogP contribution is 2.32. The Morgan fingerprint density at radius 3 is 2.73 bits per heavy atom. The molecule has 4 nitrogen and oxygen atoms in total. The molecular formula is C21H23ClN2O2. The molecule has 136 valence electrons. The van der Waals surface area contributed by atoms with E-state index in [1.54, 1.807) is 0 Å². The van der Waals surface area contributed by atoms with Crippen LogP contribution in [0.1, 0.15) is 40.5 Å². The molecule has 1 fully saturated rings. The molecule has 0 spiro atoms. The lowest BCUT2D eigenvalue weighted by atomic mass is 10.1. The van der Waals surface area contributed by atoms with Gasteiger partial charge in [0.2, 0.25) is 0 Å². The van der Waals surface area contributed by atoms with Crippen molar-refractivity contribution < 1.29 is 9.53 Å². The first-order valence-corrected chi connectivity index (χ1v) is 9.59. The van der Waals surface area contributed by atoms with Crippen LogP contribution in [0.2, 0.25) is 5.02 Å². The van der Waals surface area contributed by atoms with E-state index in [2.05, 4.69) is 5.32 Å². The van der Waals surface area contributed by atoms with E-state index in [4.69, 9.17) is 16.3 Å². The van der Waals surface area contributed by atoms with Gasteiger partial charge in [0.05, 0.1) is 6.10 Å². The Morgan fingerprint density at radius 1 is 1.15 bits per heavy atom. The quantitative estimate of drug-likeness (QED) is 0.840. The van der Waals surface area contributed by atoms with Crippen molar-refractivity contribution in [3.63, 3.8) is 0 Å². The van der Waals surface area contributed by atoms with E-state index < -0.39 is 0 Å². The summed E-state index contributed by atoms with van der Waals surface area (Å²) in [6, 6.07) is 15.8. The molecule has 1 N–H and O–H groups in total. The maximum absolute atomic E-state index is 12.9. The van der Waals surface area contributed by atoms with Gasteiger partial charge in [-0.2, -0.15) is 0 Å². The maximum atomic E-state index is 12.9. The summed E-state index contributed by atoms with van der Waals surface area (Å²) in [6.07, 6.45) is 3.05. The Morgan fingerprint density at radius 2 is 1.96 bits per heavy atom. The van der Waals surface area contributed by atoms with E-state index in [1.165, 1.54) is 5.56 Å². The number of nitrogens with one attached hydrogen (secondary N) is 1. The molecule has 4 rings (SSSR count). The van der Waals surface area contributed by atoms with Gasteiger partial charge < -0.3 is 9.64 Å². The van der Waals surface area contributed by atoms with Gasteiger partial charge in [-0.25, -0.2) is 0 Å². The summed E-state index contributed by atoms with van der Waals surface area (Å²) in [5.41, 5.74) is 3.09. The van der Waals surface area contributed by atoms with E-state index in [0.29, 0.717) is 6.54 Å². The Balaban J connectivity index is 1.46. The molecule has 26 heavy (non-hydrogen) atoms. The Kier molecular flexibility index (Phi) is 5.25. The van der Waals surface area contributed by atoms with Crippen LogP contribution in [0.5, 0.6) is 0 Å². The summed E-state index contributed by atoms with van der Waals surface area (Å²) in [6.45, 7) is 2.23. The van der Waals surface area contributed by atoms with Crippen LogP contribution in [-0.2, 0) is 11.2 Å². The third-order valence-corrected chi connectivity index (χ3v) is 5.40. The van der Waals surface area contributed by atoms with E-state index >= 15 is 0 Å². The minimum Gasteiger partial charge on any atom is -0.376 e. The number of amides is 1. The molecule has 2 atom stereocenters. The number of hydrogen-bond donors (Lipinski definition) is 1.